The van der Waals surface area contributed by atoms with Crippen molar-refractivity contribution in [3.8, 4) is 5.75 Å². The number of pyridine rings is 1. The molecule has 1 aromatic carbocycles. The highest BCUT2D eigenvalue weighted by Gasteiger charge is 2.36. The number of nitrogens with zero attached hydrogens (tertiary/aromatic N) is 1. The number of benzene rings is 1. The second-order valence-electron chi connectivity index (χ2n) is 4.69. The van der Waals surface area contributed by atoms with E-state index in [0.717, 1.165) is 0 Å². The smallest absolute Gasteiger partial charge is 0.306 e. The summed E-state index contributed by atoms with van der Waals surface area (Å²) in [7, 11) is 0. The van der Waals surface area contributed by atoms with Crippen molar-refractivity contribution in [1.29, 1.82) is 0 Å². The van der Waals surface area contributed by atoms with E-state index in [9.17, 15) is 9.18 Å². The fourth-order valence-corrected chi connectivity index (χ4v) is 2.25. The lowest BCUT2D eigenvalue weighted by molar-refractivity contribution is -0.147. The number of aromatic nitrogens is 1. The molecule has 2 aromatic rings. The van der Waals surface area contributed by atoms with Crippen molar-refractivity contribution in [2.45, 2.75) is 18.9 Å². The summed E-state index contributed by atoms with van der Waals surface area (Å²) in [5.74, 6) is -0.954. The average Bonchev–Trinajstić information content (AvgIpc) is 2.35. The zero-order valence-corrected chi connectivity index (χ0v) is 10.0. The Morgan fingerprint density at radius 3 is 2.89 bits per heavy atom. The van der Waals surface area contributed by atoms with E-state index in [0.29, 0.717) is 29.5 Å². The largest absolute Gasteiger partial charge is 0.488 e. The number of ether oxygens (including phenoxy) is 1. The average molecular weight is 261 g/mol. The summed E-state index contributed by atoms with van der Waals surface area (Å²) in [5, 5.41) is 9.22. The molecule has 1 aromatic heterocycles. The molecule has 3 rings (SSSR count). The summed E-state index contributed by atoms with van der Waals surface area (Å²) < 4.78 is 19.3. The maximum atomic E-state index is 13.6. The molecule has 1 heterocycles. The number of hydrogen-bond acceptors (Lipinski definition) is 3. The highest BCUT2D eigenvalue weighted by Crippen LogP contribution is 2.34. The van der Waals surface area contributed by atoms with Crippen molar-refractivity contribution in [1.82, 2.24) is 4.98 Å². The van der Waals surface area contributed by atoms with Gasteiger partial charge in [-0.3, -0.25) is 9.78 Å². The number of carboxylic acid groups (broad SMARTS) is 1. The van der Waals surface area contributed by atoms with E-state index in [-0.39, 0.29) is 17.8 Å². The van der Waals surface area contributed by atoms with Gasteiger partial charge in [-0.1, -0.05) is 0 Å². The van der Waals surface area contributed by atoms with Crippen LogP contribution in [0.5, 0.6) is 5.75 Å². The van der Waals surface area contributed by atoms with Gasteiger partial charge in [0.1, 0.15) is 23.2 Å². The molecule has 1 fully saturated rings. The molecule has 1 aliphatic carbocycles. The molecular formula is C14H12FNO3. The van der Waals surface area contributed by atoms with Crippen LogP contribution in [0, 0.1) is 11.7 Å². The monoisotopic (exact) mass is 261 g/mol. The molecule has 1 aliphatic rings. The predicted molar refractivity (Wildman–Crippen MR) is 66.5 cm³/mol. The third-order valence-electron chi connectivity index (χ3n) is 3.42. The van der Waals surface area contributed by atoms with Crippen LogP contribution in [0.3, 0.4) is 0 Å². The quantitative estimate of drug-likeness (QED) is 0.922. The summed E-state index contributed by atoms with van der Waals surface area (Å²) in [6.45, 7) is 0. The summed E-state index contributed by atoms with van der Waals surface area (Å²) in [5.41, 5.74) is 0.473. The van der Waals surface area contributed by atoms with Crippen LogP contribution in [0.25, 0.3) is 10.9 Å². The molecule has 1 N–H and O–H groups in total. The lowest BCUT2D eigenvalue weighted by Gasteiger charge is -2.32. The van der Waals surface area contributed by atoms with Crippen molar-refractivity contribution in [2.24, 2.45) is 5.92 Å². The van der Waals surface area contributed by atoms with Crippen LogP contribution in [0.2, 0.25) is 0 Å². The second kappa shape index (κ2) is 4.50. The lowest BCUT2D eigenvalue weighted by atomic mass is 9.82. The van der Waals surface area contributed by atoms with Crippen LogP contribution in [0.1, 0.15) is 12.8 Å². The van der Waals surface area contributed by atoms with Crippen molar-refractivity contribution in [3.05, 3.63) is 36.3 Å². The van der Waals surface area contributed by atoms with Gasteiger partial charge in [0, 0.05) is 11.6 Å². The third-order valence-corrected chi connectivity index (χ3v) is 3.42. The third kappa shape index (κ3) is 2.12. The molecule has 0 aliphatic heterocycles. The summed E-state index contributed by atoms with van der Waals surface area (Å²) in [6.07, 6.45) is 2.43. The minimum Gasteiger partial charge on any atom is -0.488 e. The lowest BCUT2D eigenvalue weighted by Crippen LogP contribution is -2.38. The molecule has 98 valence electrons. The van der Waals surface area contributed by atoms with Crippen LogP contribution in [-0.4, -0.2) is 22.2 Å². The summed E-state index contributed by atoms with van der Waals surface area (Å²) in [6, 6.07) is 6.19. The van der Waals surface area contributed by atoms with Gasteiger partial charge in [0.05, 0.1) is 5.92 Å². The first-order chi connectivity index (χ1) is 9.15. The molecule has 0 spiro atoms. The van der Waals surface area contributed by atoms with Crippen LogP contribution < -0.4 is 4.74 Å². The van der Waals surface area contributed by atoms with Gasteiger partial charge in [-0.05, 0) is 37.1 Å². The summed E-state index contributed by atoms with van der Waals surface area (Å²) >= 11 is 0. The Kier molecular flexibility index (Phi) is 2.81. The standard InChI is InChI=1S/C14H12FNO3/c15-11-3-4-12(13-10(11)2-1-5-16-13)19-9-6-8(7-9)14(17)18/h1-5,8-9H,6-7H2,(H,17,18)/t8-,9-. The maximum Gasteiger partial charge on any atom is 0.306 e. The van der Waals surface area contributed by atoms with Crippen LogP contribution in [0.15, 0.2) is 30.5 Å². The topological polar surface area (TPSA) is 59.4 Å². The fraction of sp³-hybridized carbons (Fsp3) is 0.286. The number of carboxylic acids is 1. The molecule has 0 atom stereocenters. The minimum absolute atomic E-state index is 0.128. The van der Waals surface area contributed by atoms with Gasteiger partial charge in [-0.25, -0.2) is 4.39 Å². The van der Waals surface area contributed by atoms with Crippen molar-refractivity contribution < 1.29 is 19.0 Å². The molecule has 0 amide bonds. The Balaban J connectivity index is 1.83. The van der Waals surface area contributed by atoms with E-state index in [2.05, 4.69) is 4.98 Å². The van der Waals surface area contributed by atoms with Gasteiger partial charge in [0.25, 0.3) is 0 Å². The highest BCUT2D eigenvalue weighted by atomic mass is 19.1. The minimum atomic E-state index is -0.790. The summed E-state index contributed by atoms with van der Waals surface area (Å²) in [4.78, 5) is 14.8. The van der Waals surface area contributed by atoms with Crippen molar-refractivity contribution >= 4 is 16.9 Å². The number of aliphatic carboxylic acids is 1. The van der Waals surface area contributed by atoms with Gasteiger partial charge in [0.2, 0.25) is 0 Å². The molecular weight excluding hydrogens is 249 g/mol. The van der Waals surface area contributed by atoms with Crippen molar-refractivity contribution in [3.63, 3.8) is 0 Å². The molecule has 19 heavy (non-hydrogen) atoms. The number of halogens is 1. The van der Waals surface area contributed by atoms with Crippen LogP contribution >= 0.6 is 0 Å². The normalized spacial score (nSPS) is 21.9. The Morgan fingerprint density at radius 2 is 2.16 bits per heavy atom. The van der Waals surface area contributed by atoms with E-state index < -0.39 is 5.97 Å². The molecule has 5 heteroatoms. The van der Waals surface area contributed by atoms with Gasteiger partial charge >= 0.3 is 5.97 Å². The van der Waals surface area contributed by atoms with Gasteiger partial charge in [0.15, 0.2) is 0 Å². The van der Waals surface area contributed by atoms with Gasteiger partial charge in [-0.15, -0.1) is 0 Å². The molecule has 0 radical (unpaired) electrons. The maximum absolute atomic E-state index is 13.6. The number of fused-ring (bicyclic) bond motifs is 1. The Morgan fingerprint density at radius 1 is 1.37 bits per heavy atom. The van der Waals surface area contributed by atoms with Gasteiger partial charge < -0.3 is 9.84 Å². The van der Waals surface area contributed by atoms with Crippen LogP contribution in [-0.2, 0) is 4.79 Å². The zero-order chi connectivity index (χ0) is 13.4. The number of rotatable bonds is 3. The highest BCUT2D eigenvalue weighted by molar-refractivity contribution is 5.84. The van der Waals surface area contributed by atoms with Crippen LogP contribution in [0.4, 0.5) is 4.39 Å². The molecule has 0 bridgehead atoms. The second-order valence-corrected chi connectivity index (χ2v) is 4.69. The van der Waals surface area contributed by atoms with E-state index in [4.69, 9.17) is 9.84 Å². The Hall–Kier alpha value is -2.17. The first-order valence-corrected chi connectivity index (χ1v) is 6.08. The predicted octanol–water partition coefficient (Wildman–Crippen LogP) is 2.62. The first kappa shape index (κ1) is 11.9. The first-order valence-electron chi connectivity index (χ1n) is 6.08. The van der Waals surface area contributed by atoms with E-state index in [1.165, 1.54) is 6.07 Å². The zero-order valence-electron chi connectivity index (χ0n) is 10.0. The number of carbonyl (C=O) groups is 1. The Labute approximate surface area is 108 Å². The van der Waals surface area contributed by atoms with Gasteiger partial charge in [-0.2, -0.15) is 0 Å². The van der Waals surface area contributed by atoms with E-state index in [1.54, 1.807) is 24.4 Å². The molecule has 0 saturated heterocycles. The molecule has 1 saturated carbocycles. The number of hydrogen-bond donors (Lipinski definition) is 1. The molecule has 4 nitrogen and oxygen atoms in total. The fourth-order valence-electron chi connectivity index (χ4n) is 2.25. The van der Waals surface area contributed by atoms with E-state index >= 15 is 0 Å². The van der Waals surface area contributed by atoms with Crippen molar-refractivity contribution in [2.75, 3.05) is 0 Å². The SMILES string of the molecule is O=C(O)[C@H]1C[C@H](Oc2ccc(F)c3cccnc23)C1. The van der Waals surface area contributed by atoms with E-state index in [1.807, 2.05) is 0 Å². The Bertz CT molecular complexity index is 638. The molecule has 0 unspecified atom stereocenters.